The van der Waals surface area contributed by atoms with Gasteiger partial charge < -0.3 is 15.4 Å². The van der Waals surface area contributed by atoms with E-state index < -0.39 is 0 Å². The zero-order valence-corrected chi connectivity index (χ0v) is 17.3. The number of nitrogens with one attached hydrogen (secondary N) is 2. The molecule has 3 rings (SSSR count). The monoisotopic (exact) mass is 394 g/mol. The van der Waals surface area contributed by atoms with Gasteiger partial charge in [0.05, 0.1) is 19.3 Å². The molecule has 146 valence electrons. The van der Waals surface area contributed by atoms with Gasteiger partial charge in [0.25, 0.3) is 0 Å². The van der Waals surface area contributed by atoms with Gasteiger partial charge in [0.1, 0.15) is 10.8 Å². The van der Waals surface area contributed by atoms with Crippen LogP contribution in [0.25, 0.3) is 10.6 Å². The number of benzene rings is 2. The predicted molar refractivity (Wildman–Crippen MR) is 117 cm³/mol. The fraction of sp³-hybridized carbons (Fsp3) is 0.273. The number of methoxy groups -OCH3 is 1. The van der Waals surface area contributed by atoms with Crippen LogP contribution in [0.3, 0.4) is 0 Å². The Hall–Kier alpha value is -2.86. The van der Waals surface area contributed by atoms with Gasteiger partial charge >= 0.3 is 0 Å². The Bertz CT molecular complexity index is 921. The van der Waals surface area contributed by atoms with Crippen molar-refractivity contribution in [2.45, 2.75) is 19.9 Å². The highest BCUT2D eigenvalue weighted by Gasteiger charge is 2.07. The molecule has 3 aromatic rings. The second-order valence-electron chi connectivity index (χ2n) is 6.43. The molecule has 1 aromatic heterocycles. The number of nitrogens with zero attached hydrogens (tertiary/aromatic N) is 2. The van der Waals surface area contributed by atoms with Crippen LogP contribution in [0.4, 0.5) is 0 Å². The highest BCUT2D eigenvalue weighted by molar-refractivity contribution is 7.13. The number of aryl methyl sites for hydroxylation is 1. The van der Waals surface area contributed by atoms with Crippen molar-refractivity contribution in [1.29, 1.82) is 0 Å². The molecular formula is C22H26N4OS. The molecule has 2 N–H and O–H groups in total. The Morgan fingerprint density at radius 3 is 2.71 bits per heavy atom. The lowest BCUT2D eigenvalue weighted by Crippen LogP contribution is -2.37. The van der Waals surface area contributed by atoms with E-state index in [0.29, 0.717) is 6.54 Å². The highest BCUT2D eigenvalue weighted by Crippen LogP contribution is 2.23. The average Bonchev–Trinajstić information content (AvgIpc) is 3.20. The molecule has 0 saturated heterocycles. The minimum Gasteiger partial charge on any atom is -0.496 e. The lowest BCUT2D eigenvalue weighted by atomic mass is 10.1. The number of aliphatic imine (C=N–C) groups is 1. The van der Waals surface area contributed by atoms with E-state index in [1.165, 1.54) is 11.1 Å². The topological polar surface area (TPSA) is 58.5 Å². The quantitative estimate of drug-likeness (QED) is 0.469. The second kappa shape index (κ2) is 9.90. The van der Waals surface area contributed by atoms with E-state index in [2.05, 4.69) is 52.2 Å². The van der Waals surface area contributed by atoms with Crippen molar-refractivity contribution >= 4 is 17.3 Å². The first-order chi connectivity index (χ1) is 13.7. The van der Waals surface area contributed by atoms with Crippen molar-refractivity contribution in [3.63, 3.8) is 0 Å². The van der Waals surface area contributed by atoms with Gasteiger partial charge in [-0.15, -0.1) is 11.3 Å². The second-order valence-corrected chi connectivity index (χ2v) is 7.29. The normalized spacial score (nSPS) is 11.3. The maximum absolute atomic E-state index is 5.45. The van der Waals surface area contributed by atoms with Gasteiger partial charge in [-0.1, -0.05) is 48.0 Å². The molecule has 0 bridgehead atoms. The van der Waals surface area contributed by atoms with Crippen molar-refractivity contribution in [2.75, 3.05) is 20.7 Å². The fourth-order valence-corrected chi connectivity index (χ4v) is 3.74. The van der Waals surface area contributed by atoms with Crippen LogP contribution in [0.15, 0.2) is 58.9 Å². The molecule has 6 heteroatoms. The standard InChI is InChI=1S/C22H26N4OS/c1-16-9-10-20(27-3)18(13-16)11-12-24-22(23-2)25-14-19-15-28-21(26-19)17-7-5-4-6-8-17/h4-10,13,15H,11-12,14H2,1-3H3,(H2,23,24,25). The molecular weight excluding hydrogens is 368 g/mol. The molecule has 0 saturated carbocycles. The van der Waals surface area contributed by atoms with E-state index in [-0.39, 0.29) is 0 Å². The van der Waals surface area contributed by atoms with E-state index in [0.717, 1.165) is 40.9 Å². The Balaban J connectivity index is 1.50. The van der Waals surface area contributed by atoms with Gasteiger partial charge in [0.15, 0.2) is 5.96 Å². The predicted octanol–water partition coefficient (Wildman–Crippen LogP) is 4.03. The smallest absolute Gasteiger partial charge is 0.191 e. The summed E-state index contributed by atoms with van der Waals surface area (Å²) >= 11 is 1.66. The summed E-state index contributed by atoms with van der Waals surface area (Å²) in [7, 11) is 3.48. The Kier molecular flexibility index (Phi) is 7.03. The highest BCUT2D eigenvalue weighted by atomic mass is 32.1. The van der Waals surface area contributed by atoms with Crippen LogP contribution in [0, 0.1) is 6.92 Å². The van der Waals surface area contributed by atoms with Gasteiger partial charge in [-0.05, 0) is 25.0 Å². The van der Waals surface area contributed by atoms with Crippen molar-refractivity contribution in [1.82, 2.24) is 15.6 Å². The summed E-state index contributed by atoms with van der Waals surface area (Å²) in [5, 5.41) is 9.80. The summed E-state index contributed by atoms with van der Waals surface area (Å²) in [5.74, 6) is 1.69. The summed E-state index contributed by atoms with van der Waals surface area (Å²) in [6, 6.07) is 16.5. The summed E-state index contributed by atoms with van der Waals surface area (Å²) < 4.78 is 5.45. The minimum absolute atomic E-state index is 0.636. The first-order valence-electron chi connectivity index (χ1n) is 9.27. The number of guanidine groups is 1. The number of ether oxygens (including phenoxy) is 1. The fourth-order valence-electron chi connectivity index (χ4n) is 2.91. The number of rotatable bonds is 7. The Labute approximate surface area is 170 Å². The molecule has 0 amide bonds. The third-order valence-electron chi connectivity index (χ3n) is 4.36. The van der Waals surface area contributed by atoms with E-state index in [9.17, 15) is 0 Å². The summed E-state index contributed by atoms with van der Waals surface area (Å²) in [6.45, 7) is 3.50. The van der Waals surface area contributed by atoms with Gasteiger partial charge in [0, 0.05) is 24.5 Å². The molecule has 0 aliphatic rings. The molecule has 0 unspecified atom stereocenters. The number of hydrogen-bond acceptors (Lipinski definition) is 4. The molecule has 5 nitrogen and oxygen atoms in total. The van der Waals surface area contributed by atoms with Crippen LogP contribution in [0.5, 0.6) is 5.75 Å². The van der Waals surface area contributed by atoms with Crippen molar-refractivity contribution < 1.29 is 4.74 Å². The summed E-state index contributed by atoms with van der Waals surface area (Å²) in [5.41, 5.74) is 4.58. The molecule has 0 spiro atoms. The van der Waals surface area contributed by atoms with Crippen molar-refractivity contribution in [3.05, 3.63) is 70.7 Å². The molecule has 0 fully saturated rings. The van der Waals surface area contributed by atoms with Gasteiger partial charge in [-0.25, -0.2) is 4.98 Å². The molecule has 0 aliphatic carbocycles. The van der Waals surface area contributed by atoms with Gasteiger partial charge in [-0.2, -0.15) is 0 Å². The van der Waals surface area contributed by atoms with Crippen LogP contribution in [-0.4, -0.2) is 31.6 Å². The van der Waals surface area contributed by atoms with Crippen molar-refractivity contribution in [2.24, 2.45) is 4.99 Å². The molecule has 0 aliphatic heterocycles. The average molecular weight is 395 g/mol. The minimum atomic E-state index is 0.636. The third-order valence-corrected chi connectivity index (χ3v) is 5.30. The van der Waals surface area contributed by atoms with Gasteiger partial charge in [-0.3, -0.25) is 4.99 Å². The van der Waals surface area contributed by atoms with E-state index in [1.807, 2.05) is 24.3 Å². The number of aromatic nitrogens is 1. The van der Waals surface area contributed by atoms with Crippen LogP contribution in [0.2, 0.25) is 0 Å². The lowest BCUT2D eigenvalue weighted by molar-refractivity contribution is 0.409. The van der Waals surface area contributed by atoms with E-state index in [4.69, 9.17) is 9.72 Å². The van der Waals surface area contributed by atoms with Crippen LogP contribution in [0.1, 0.15) is 16.8 Å². The first-order valence-corrected chi connectivity index (χ1v) is 10.2. The van der Waals surface area contributed by atoms with Crippen molar-refractivity contribution in [3.8, 4) is 16.3 Å². The van der Waals surface area contributed by atoms with Crippen LogP contribution >= 0.6 is 11.3 Å². The number of thiazole rings is 1. The maximum atomic E-state index is 5.45. The first kappa shape index (κ1) is 19.9. The molecule has 28 heavy (non-hydrogen) atoms. The Morgan fingerprint density at radius 1 is 1.14 bits per heavy atom. The zero-order chi connectivity index (χ0) is 19.8. The van der Waals surface area contributed by atoms with Gasteiger partial charge in [0.2, 0.25) is 0 Å². The molecule has 0 atom stereocenters. The van der Waals surface area contributed by atoms with E-state index in [1.54, 1.807) is 25.5 Å². The molecule has 2 aromatic carbocycles. The van der Waals surface area contributed by atoms with E-state index >= 15 is 0 Å². The number of hydrogen-bond donors (Lipinski definition) is 2. The summed E-state index contributed by atoms with van der Waals surface area (Å²) in [6.07, 6.45) is 0.862. The zero-order valence-electron chi connectivity index (χ0n) is 16.5. The summed E-state index contributed by atoms with van der Waals surface area (Å²) in [4.78, 5) is 9.00. The lowest BCUT2D eigenvalue weighted by Gasteiger charge is -2.13. The maximum Gasteiger partial charge on any atom is 0.191 e. The Morgan fingerprint density at radius 2 is 1.96 bits per heavy atom. The van der Waals surface area contributed by atoms with Crippen LogP contribution in [-0.2, 0) is 13.0 Å². The molecule has 1 heterocycles. The largest absolute Gasteiger partial charge is 0.496 e. The SMILES string of the molecule is CN=C(NCCc1cc(C)ccc1OC)NCc1csc(-c2ccccc2)n1. The van der Waals surface area contributed by atoms with Crippen LogP contribution < -0.4 is 15.4 Å². The molecule has 0 radical (unpaired) electrons. The third kappa shape index (κ3) is 5.33.